The second kappa shape index (κ2) is 10.9. The molecule has 3 rings (SSSR count). The van der Waals surface area contributed by atoms with Crippen molar-refractivity contribution in [3.8, 4) is 0 Å². The number of nitrogens with zero attached hydrogens (tertiary/aromatic N) is 1. The van der Waals surface area contributed by atoms with Gasteiger partial charge in [-0.15, -0.1) is 11.3 Å². The number of rotatable bonds is 8. The second-order valence-corrected chi connectivity index (χ2v) is 7.98. The van der Waals surface area contributed by atoms with Crippen molar-refractivity contribution in [3.63, 3.8) is 0 Å². The Hall–Kier alpha value is -2.28. The van der Waals surface area contributed by atoms with E-state index in [9.17, 15) is 4.79 Å². The van der Waals surface area contributed by atoms with Crippen LogP contribution in [0.3, 0.4) is 0 Å². The third-order valence-electron chi connectivity index (χ3n) is 4.91. The van der Waals surface area contributed by atoms with Crippen LogP contribution in [-0.4, -0.2) is 31.1 Å². The number of thiophene rings is 1. The van der Waals surface area contributed by atoms with Crippen molar-refractivity contribution in [1.29, 1.82) is 0 Å². The molecule has 2 aromatic heterocycles. The topological polar surface area (TPSA) is 75.9 Å². The summed E-state index contributed by atoms with van der Waals surface area (Å²) in [6, 6.07) is 8.35. The number of ether oxygens (including phenoxy) is 1. The van der Waals surface area contributed by atoms with Crippen molar-refractivity contribution in [3.05, 3.63) is 46.5 Å². The normalized spacial score (nSPS) is 20.0. The first-order chi connectivity index (χ1) is 13.7. The fourth-order valence-corrected chi connectivity index (χ4v) is 4.03. The lowest BCUT2D eigenvalue weighted by Crippen LogP contribution is -2.46. The molecule has 0 aliphatic heterocycles. The van der Waals surface area contributed by atoms with Gasteiger partial charge in [0.15, 0.2) is 5.96 Å². The molecule has 2 aromatic rings. The number of esters is 1. The Morgan fingerprint density at radius 1 is 1.29 bits per heavy atom. The van der Waals surface area contributed by atoms with E-state index in [0.717, 1.165) is 50.4 Å². The number of nitrogens with one attached hydrogen (secondary N) is 2. The quantitative estimate of drug-likeness (QED) is 0.399. The van der Waals surface area contributed by atoms with E-state index < -0.39 is 0 Å². The molecule has 152 valence electrons. The fraction of sp³-hybridized carbons (Fsp3) is 0.524. The molecule has 0 saturated heterocycles. The zero-order valence-electron chi connectivity index (χ0n) is 16.4. The van der Waals surface area contributed by atoms with Gasteiger partial charge in [-0.05, 0) is 56.2 Å². The molecular weight excluding hydrogens is 374 g/mol. The molecule has 0 radical (unpaired) electrons. The first-order valence-corrected chi connectivity index (χ1v) is 10.9. The van der Waals surface area contributed by atoms with Crippen LogP contribution in [0.1, 0.15) is 43.2 Å². The van der Waals surface area contributed by atoms with Gasteiger partial charge in [-0.3, -0.25) is 4.79 Å². The summed E-state index contributed by atoms with van der Waals surface area (Å²) in [6.45, 7) is 3.72. The van der Waals surface area contributed by atoms with Gasteiger partial charge in [0, 0.05) is 23.9 Å². The number of carbonyl (C=O) groups is 1. The van der Waals surface area contributed by atoms with Gasteiger partial charge in [0.05, 0.1) is 25.3 Å². The Kier molecular flexibility index (Phi) is 7.96. The molecule has 0 aromatic carbocycles. The zero-order valence-corrected chi connectivity index (χ0v) is 17.2. The predicted molar refractivity (Wildman–Crippen MR) is 111 cm³/mol. The summed E-state index contributed by atoms with van der Waals surface area (Å²) in [5.74, 6) is 1.76. The molecule has 0 amide bonds. The highest BCUT2D eigenvalue weighted by Crippen LogP contribution is 2.25. The highest BCUT2D eigenvalue weighted by molar-refractivity contribution is 7.09. The van der Waals surface area contributed by atoms with Crippen molar-refractivity contribution < 1.29 is 13.9 Å². The molecule has 0 spiro atoms. The summed E-state index contributed by atoms with van der Waals surface area (Å²) in [5.41, 5.74) is 0. The van der Waals surface area contributed by atoms with E-state index in [2.05, 4.69) is 22.1 Å². The number of hydrogen-bond acceptors (Lipinski definition) is 5. The van der Waals surface area contributed by atoms with Gasteiger partial charge in [-0.1, -0.05) is 6.07 Å². The van der Waals surface area contributed by atoms with Crippen LogP contribution in [0.5, 0.6) is 0 Å². The summed E-state index contributed by atoms with van der Waals surface area (Å²) in [6.07, 6.45) is 6.12. The number of carbonyl (C=O) groups excluding carboxylic acids is 1. The minimum atomic E-state index is -0.0518. The number of hydrogen-bond donors (Lipinski definition) is 2. The molecule has 7 heteroatoms. The van der Waals surface area contributed by atoms with Gasteiger partial charge in [0.1, 0.15) is 5.76 Å². The first kappa shape index (κ1) is 20.5. The van der Waals surface area contributed by atoms with E-state index in [1.165, 1.54) is 4.88 Å². The summed E-state index contributed by atoms with van der Waals surface area (Å²) >= 11 is 1.71. The van der Waals surface area contributed by atoms with Crippen molar-refractivity contribution in [1.82, 2.24) is 10.6 Å². The molecule has 1 aliphatic carbocycles. The van der Waals surface area contributed by atoms with E-state index in [0.29, 0.717) is 19.2 Å². The van der Waals surface area contributed by atoms with Gasteiger partial charge in [-0.25, -0.2) is 4.99 Å². The molecule has 2 N–H and O–H groups in total. The van der Waals surface area contributed by atoms with Crippen LogP contribution in [0, 0.1) is 5.92 Å². The van der Waals surface area contributed by atoms with Crippen LogP contribution in [0.2, 0.25) is 0 Å². The van der Waals surface area contributed by atoms with Crippen LogP contribution in [0.25, 0.3) is 0 Å². The molecule has 6 nitrogen and oxygen atoms in total. The standard InChI is InChI=1S/C21H29N3O3S/c1-2-26-20(25)16-7-9-17(10-8-16)24-21(23-15-19-6-4-14-28-19)22-12-11-18-5-3-13-27-18/h3-6,13-14,16-17H,2,7-12,15H2,1H3,(H2,22,23,24). The molecule has 0 unspecified atom stereocenters. The van der Waals surface area contributed by atoms with Gasteiger partial charge >= 0.3 is 5.97 Å². The van der Waals surface area contributed by atoms with Crippen LogP contribution >= 0.6 is 11.3 Å². The van der Waals surface area contributed by atoms with Crippen molar-refractivity contribution in [2.45, 2.75) is 51.6 Å². The van der Waals surface area contributed by atoms with Crippen molar-refractivity contribution in [2.75, 3.05) is 13.2 Å². The molecule has 1 saturated carbocycles. The lowest BCUT2D eigenvalue weighted by atomic mass is 9.86. The van der Waals surface area contributed by atoms with Gasteiger partial charge in [0.25, 0.3) is 0 Å². The molecular formula is C21H29N3O3S. The zero-order chi connectivity index (χ0) is 19.6. The molecule has 1 aliphatic rings. The summed E-state index contributed by atoms with van der Waals surface area (Å²) in [4.78, 5) is 17.9. The van der Waals surface area contributed by atoms with Crippen LogP contribution < -0.4 is 10.6 Å². The van der Waals surface area contributed by atoms with Gasteiger partial charge in [0.2, 0.25) is 0 Å². The molecule has 28 heavy (non-hydrogen) atoms. The van der Waals surface area contributed by atoms with E-state index in [4.69, 9.17) is 14.1 Å². The monoisotopic (exact) mass is 403 g/mol. The fourth-order valence-electron chi connectivity index (χ4n) is 3.40. The average molecular weight is 404 g/mol. The smallest absolute Gasteiger partial charge is 0.308 e. The van der Waals surface area contributed by atoms with Gasteiger partial charge in [-0.2, -0.15) is 0 Å². The number of aliphatic imine (C=N–C) groups is 1. The summed E-state index contributed by atoms with van der Waals surface area (Å²) in [5, 5.41) is 9.03. The molecule has 0 bridgehead atoms. The van der Waals surface area contributed by atoms with E-state index >= 15 is 0 Å². The van der Waals surface area contributed by atoms with E-state index in [-0.39, 0.29) is 11.9 Å². The largest absolute Gasteiger partial charge is 0.469 e. The highest BCUT2D eigenvalue weighted by Gasteiger charge is 2.27. The summed E-state index contributed by atoms with van der Waals surface area (Å²) in [7, 11) is 0. The Bertz CT molecular complexity index is 720. The maximum Gasteiger partial charge on any atom is 0.308 e. The molecule has 2 heterocycles. The Morgan fingerprint density at radius 3 is 2.82 bits per heavy atom. The van der Waals surface area contributed by atoms with Gasteiger partial charge < -0.3 is 19.8 Å². The van der Waals surface area contributed by atoms with E-state index in [1.54, 1.807) is 17.6 Å². The third kappa shape index (κ3) is 6.41. The maximum atomic E-state index is 11.9. The molecule has 1 fully saturated rings. The summed E-state index contributed by atoms with van der Waals surface area (Å²) < 4.78 is 10.6. The Balaban J connectivity index is 1.51. The lowest BCUT2D eigenvalue weighted by molar-refractivity contribution is -0.149. The predicted octanol–water partition coefficient (Wildman–Crippen LogP) is 3.74. The van der Waals surface area contributed by atoms with Crippen LogP contribution in [-0.2, 0) is 22.5 Å². The lowest BCUT2D eigenvalue weighted by Gasteiger charge is -2.29. The number of furan rings is 1. The third-order valence-corrected chi connectivity index (χ3v) is 5.77. The van der Waals surface area contributed by atoms with E-state index in [1.807, 2.05) is 25.1 Å². The average Bonchev–Trinajstić information content (AvgIpc) is 3.41. The minimum Gasteiger partial charge on any atom is -0.469 e. The molecule has 0 atom stereocenters. The Labute approximate surface area is 170 Å². The first-order valence-electron chi connectivity index (χ1n) is 10.0. The second-order valence-electron chi connectivity index (χ2n) is 6.95. The maximum absolute atomic E-state index is 11.9. The van der Waals surface area contributed by atoms with Crippen molar-refractivity contribution in [2.24, 2.45) is 10.9 Å². The van der Waals surface area contributed by atoms with Crippen LogP contribution in [0.4, 0.5) is 0 Å². The minimum absolute atomic E-state index is 0.0384. The van der Waals surface area contributed by atoms with Crippen LogP contribution in [0.15, 0.2) is 45.3 Å². The highest BCUT2D eigenvalue weighted by atomic mass is 32.1. The SMILES string of the molecule is CCOC(=O)C1CCC(NC(=NCc2cccs2)NCCc2ccco2)CC1. The van der Waals surface area contributed by atoms with Crippen molar-refractivity contribution >= 4 is 23.3 Å². The number of guanidine groups is 1. The Morgan fingerprint density at radius 2 is 2.14 bits per heavy atom.